The zero-order valence-corrected chi connectivity index (χ0v) is 19.0. The molecule has 1 aliphatic heterocycles. The molecule has 0 spiro atoms. The Kier molecular flexibility index (Phi) is 6.62. The van der Waals surface area contributed by atoms with Gasteiger partial charge in [0.25, 0.3) is 5.91 Å². The lowest BCUT2D eigenvalue weighted by atomic mass is 10.2. The number of anilines is 1. The number of nitrogens with zero attached hydrogens (tertiary/aromatic N) is 1. The molecule has 33 heavy (non-hydrogen) atoms. The molecule has 0 aliphatic carbocycles. The standard InChI is InChI=1S/C24H25N3O5S/c1-17-6-12-20(13-7-17)33(30,31)27-14-2-4-21(27)23(28)25-16-18-8-10-19(11-9-18)26-24(29)22-5-3-15-32-22/h3,5-13,15,21H,2,4,14,16H2,1H3,(H,25,28)(H,26,29)/t21-/m0/s1. The predicted octanol–water partition coefficient (Wildman–Crippen LogP) is 3.31. The Balaban J connectivity index is 1.36. The van der Waals surface area contributed by atoms with Gasteiger partial charge in [-0.3, -0.25) is 9.59 Å². The summed E-state index contributed by atoms with van der Waals surface area (Å²) in [7, 11) is -3.74. The molecular weight excluding hydrogens is 442 g/mol. The molecule has 0 bridgehead atoms. The molecule has 3 aromatic rings. The molecule has 1 saturated heterocycles. The summed E-state index contributed by atoms with van der Waals surface area (Å²) in [5, 5.41) is 5.57. The van der Waals surface area contributed by atoms with E-state index >= 15 is 0 Å². The summed E-state index contributed by atoms with van der Waals surface area (Å²) < 4.78 is 32.5. The predicted molar refractivity (Wildman–Crippen MR) is 123 cm³/mol. The summed E-state index contributed by atoms with van der Waals surface area (Å²) >= 11 is 0. The van der Waals surface area contributed by atoms with Crippen LogP contribution in [0.4, 0.5) is 5.69 Å². The number of amides is 2. The van der Waals surface area contributed by atoms with E-state index in [9.17, 15) is 18.0 Å². The Bertz CT molecular complexity index is 1220. The van der Waals surface area contributed by atoms with Crippen molar-refractivity contribution >= 4 is 27.5 Å². The summed E-state index contributed by atoms with van der Waals surface area (Å²) in [5.74, 6) is -0.455. The number of nitrogens with one attached hydrogen (secondary N) is 2. The second kappa shape index (κ2) is 9.60. The van der Waals surface area contributed by atoms with Gasteiger partial charge in [0.1, 0.15) is 6.04 Å². The van der Waals surface area contributed by atoms with Crippen LogP contribution >= 0.6 is 0 Å². The van der Waals surface area contributed by atoms with Gasteiger partial charge >= 0.3 is 0 Å². The number of carbonyl (C=O) groups is 2. The topological polar surface area (TPSA) is 109 Å². The van der Waals surface area contributed by atoms with Crippen molar-refractivity contribution in [3.8, 4) is 0 Å². The number of benzene rings is 2. The molecule has 172 valence electrons. The Labute approximate surface area is 192 Å². The molecule has 2 aromatic carbocycles. The minimum absolute atomic E-state index is 0.194. The fourth-order valence-corrected chi connectivity index (χ4v) is 5.41. The molecule has 2 heterocycles. The molecule has 2 amide bonds. The molecule has 2 N–H and O–H groups in total. The monoisotopic (exact) mass is 467 g/mol. The van der Waals surface area contributed by atoms with Crippen LogP contribution in [0.1, 0.15) is 34.5 Å². The molecule has 1 atom stereocenters. The first-order valence-corrected chi connectivity index (χ1v) is 12.1. The normalized spacial score (nSPS) is 16.5. The molecular formula is C24H25N3O5S. The van der Waals surface area contributed by atoms with E-state index in [4.69, 9.17) is 4.42 Å². The fraction of sp³-hybridized carbons (Fsp3) is 0.250. The number of aryl methyl sites for hydroxylation is 1. The zero-order chi connectivity index (χ0) is 23.4. The smallest absolute Gasteiger partial charge is 0.291 e. The summed E-state index contributed by atoms with van der Waals surface area (Å²) in [4.78, 5) is 25.1. The number of furan rings is 1. The van der Waals surface area contributed by atoms with Gasteiger partial charge in [-0.15, -0.1) is 0 Å². The molecule has 0 radical (unpaired) electrons. The van der Waals surface area contributed by atoms with Crippen molar-refractivity contribution in [2.24, 2.45) is 0 Å². The van der Waals surface area contributed by atoms with Crippen LogP contribution in [0, 0.1) is 6.92 Å². The van der Waals surface area contributed by atoms with Crippen molar-refractivity contribution in [1.29, 1.82) is 0 Å². The highest BCUT2D eigenvalue weighted by Crippen LogP contribution is 2.26. The Morgan fingerprint density at radius 2 is 1.79 bits per heavy atom. The molecule has 0 unspecified atom stereocenters. The first kappa shape index (κ1) is 22.8. The molecule has 1 aromatic heterocycles. The van der Waals surface area contributed by atoms with Crippen molar-refractivity contribution in [2.45, 2.75) is 37.2 Å². The molecule has 4 rings (SSSR count). The van der Waals surface area contributed by atoms with Gasteiger partial charge in [0.15, 0.2) is 5.76 Å². The first-order chi connectivity index (χ1) is 15.8. The van der Waals surface area contributed by atoms with Crippen LogP contribution in [0.3, 0.4) is 0 Å². The first-order valence-electron chi connectivity index (χ1n) is 10.6. The van der Waals surface area contributed by atoms with Crippen LogP contribution in [-0.4, -0.2) is 37.1 Å². The van der Waals surface area contributed by atoms with E-state index in [1.807, 2.05) is 6.92 Å². The van der Waals surface area contributed by atoms with Crippen molar-refractivity contribution in [1.82, 2.24) is 9.62 Å². The van der Waals surface area contributed by atoms with Gasteiger partial charge in [-0.05, 0) is 61.7 Å². The SMILES string of the molecule is Cc1ccc(S(=O)(=O)N2CCC[C@H]2C(=O)NCc2ccc(NC(=O)c3ccco3)cc2)cc1. The lowest BCUT2D eigenvalue weighted by molar-refractivity contribution is -0.124. The van der Waals surface area contributed by atoms with Crippen LogP contribution in [0.25, 0.3) is 0 Å². The largest absolute Gasteiger partial charge is 0.459 e. The summed E-state index contributed by atoms with van der Waals surface area (Å²) in [6.07, 6.45) is 2.54. The quantitative estimate of drug-likeness (QED) is 0.554. The van der Waals surface area contributed by atoms with E-state index in [0.29, 0.717) is 25.1 Å². The van der Waals surface area contributed by atoms with Crippen LogP contribution in [0.5, 0.6) is 0 Å². The van der Waals surface area contributed by atoms with Crippen LogP contribution in [0.2, 0.25) is 0 Å². The van der Waals surface area contributed by atoms with Crippen molar-refractivity contribution < 1.29 is 22.4 Å². The van der Waals surface area contributed by atoms with Gasteiger partial charge in [-0.2, -0.15) is 4.31 Å². The van der Waals surface area contributed by atoms with Gasteiger partial charge in [-0.25, -0.2) is 8.42 Å². The van der Waals surface area contributed by atoms with Gasteiger partial charge in [0.05, 0.1) is 11.2 Å². The van der Waals surface area contributed by atoms with E-state index in [-0.39, 0.29) is 29.0 Å². The minimum Gasteiger partial charge on any atom is -0.459 e. The number of hydrogen-bond acceptors (Lipinski definition) is 5. The maximum atomic E-state index is 13.1. The molecule has 1 fully saturated rings. The third-order valence-corrected chi connectivity index (χ3v) is 7.48. The Morgan fingerprint density at radius 1 is 1.06 bits per heavy atom. The van der Waals surface area contributed by atoms with E-state index < -0.39 is 16.1 Å². The number of carbonyl (C=O) groups excluding carboxylic acids is 2. The summed E-state index contributed by atoms with van der Waals surface area (Å²) in [5.41, 5.74) is 2.39. The Morgan fingerprint density at radius 3 is 2.45 bits per heavy atom. The lowest BCUT2D eigenvalue weighted by Crippen LogP contribution is -2.45. The maximum Gasteiger partial charge on any atom is 0.291 e. The van der Waals surface area contributed by atoms with Crippen LogP contribution < -0.4 is 10.6 Å². The maximum absolute atomic E-state index is 13.1. The highest BCUT2D eigenvalue weighted by atomic mass is 32.2. The van der Waals surface area contributed by atoms with E-state index in [1.165, 1.54) is 10.6 Å². The number of rotatable bonds is 7. The average Bonchev–Trinajstić information content (AvgIpc) is 3.51. The third kappa shape index (κ3) is 5.15. The van der Waals surface area contributed by atoms with Gasteiger partial charge in [0.2, 0.25) is 15.9 Å². The van der Waals surface area contributed by atoms with Crippen molar-refractivity contribution in [3.05, 3.63) is 83.8 Å². The molecule has 8 nitrogen and oxygen atoms in total. The van der Waals surface area contributed by atoms with Crippen LogP contribution in [-0.2, 0) is 21.4 Å². The van der Waals surface area contributed by atoms with Gasteiger partial charge in [-0.1, -0.05) is 29.8 Å². The summed E-state index contributed by atoms with van der Waals surface area (Å²) in [6.45, 7) is 2.46. The van der Waals surface area contributed by atoms with Crippen LogP contribution in [0.15, 0.2) is 76.2 Å². The van der Waals surface area contributed by atoms with E-state index in [0.717, 1.165) is 11.1 Å². The second-order valence-electron chi connectivity index (χ2n) is 7.93. The summed E-state index contributed by atoms with van der Waals surface area (Å²) in [6, 6.07) is 16.1. The van der Waals surface area contributed by atoms with E-state index in [1.54, 1.807) is 60.7 Å². The molecule has 0 saturated carbocycles. The van der Waals surface area contributed by atoms with Crippen molar-refractivity contribution in [2.75, 3.05) is 11.9 Å². The zero-order valence-electron chi connectivity index (χ0n) is 18.2. The second-order valence-corrected chi connectivity index (χ2v) is 9.82. The Hall–Kier alpha value is -3.43. The van der Waals surface area contributed by atoms with Gasteiger partial charge < -0.3 is 15.1 Å². The van der Waals surface area contributed by atoms with Gasteiger partial charge in [0, 0.05) is 18.8 Å². The minimum atomic E-state index is -3.74. The highest BCUT2D eigenvalue weighted by molar-refractivity contribution is 7.89. The average molecular weight is 468 g/mol. The molecule has 1 aliphatic rings. The number of hydrogen-bond donors (Lipinski definition) is 2. The fourth-order valence-electron chi connectivity index (χ4n) is 3.75. The molecule has 9 heteroatoms. The number of sulfonamides is 1. The van der Waals surface area contributed by atoms with Crippen molar-refractivity contribution in [3.63, 3.8) is 0 Å². The third-order valence-electron chi connectivity index (χ3n) is 5.56. The highest BCUT2D eigenvalue weighted by Gasteiger charge is 2.39. The van der Waals surface area contributed by atoms with E-state index in [2.05, 4.69) is 10.6 Å². The lowest BCUT2D eigenvalue weighted by Gasteiger charge is -2.23.